The van der Waals surface area contributed by atoms with E-state index in [2.05, 4.69) is 36.0 Å². The van der Waals surface area contributed by atoms with Gasteiger partial charge in [0.05, 0.1) is 34.3 Å². The lowest BCUT2D eigenvalue weighted by Gasteiger charge is -2.40. The predicted octanol–water partition coefficient (Wildman–Crippen LogP) is 4.64. The minimum atomic E-state index is -0.205. The molecule has 37 heavy (non-hydrogen) atoms. The smallest absolute Gasteiger partial charge is 0.234 e. The van der Waals surface area contributed by atoms with Gasteiger partial charge in [-0.15, -0.1) is 11.3 Å². The van der Waals surface area contributed by atoms with Crippen molar-refractivity contribution in [2.45, 2.75) is 59.8 Å². The van der Waals surface area contributed by atoms with Crippen molar-refractivity contribution in [1.82, 2.24) is 25.1 Å². The fourth-order valence-electron chi connectivity index (χ4n) is 6.35. The first-order chi connectivity index (χ1) is 17.6. The Morgan fingerprint density at radius 1 is 1.05 bits per heavy atom. The molecule has 2 amide bonds. The third-order valence-electron chi connectivity index (χ3n) is 8.61. The second-order valence-corrected chi connectivity index (χ2v) is 13.0. The number of amides is 2. The lowest BCUT2D eigenvalue weighted by molar-refractivity contribution is -0.143. The summed E-state index contributed by atoms with van der Waals surface area (Å²) in [6.07, 6.45) is 1.59. The van der Waals surface area contributed by atoms with Crippen molar-refractivity contribution in [2.75, 3.05) is 13.1 Å². The van der Waals surface area contributed by atoms with Gasteiger partial charge in [0, 0.05) is 47.2 Å². The molecule has 4 heterocycles. The highest BCUT2D eigenvalue weighted by molar-refractivity contribution is 7.19. The third-order valence-corrected chi connectivity index (χ3v) is 9.95. The molecule has 1 aliphatic carbocycles. The molecule has 9 heteroatoms. The molecule has 2 saturated heterocycles. The van der Waals surface area contributed by atoms with Gasteiger partial charge in [0.1, 0.15) is 6.33 Å². The SMILES string of the molecule is Cc1cc(Cl)cc(-c2ncnc3cc(CN4C(=O)C5C(C4=O)C5(C)C)sc23)c1CN1[C@@H](C)CNC[C@@H]1C. The molecule has 0 bridgehead atoms. The van der Waals surface area contributed by atoms with Gasteiger partial charge in [0.25, 0.3) is 0 Å². The minimum absolute atomic E-state index is 0.0456. The van der Waals surface area contributed by atoms with Gasteiger partial charge < -0.3 is 5.32 Å². The Hall–Kier alpha value is -2.39. The van der Waals surface area contributed by atoms with Gasteiger partial charge in [0.2, 0.25) is 11.8 Å². The molecule has 0 radical (unpaired) electrons. The van der Waals surface area contributed by atoms with Gasteiger partial charge in [-0.3, -0.25) is 19.4 Å². The summed E-state index contributed by atoms with van der Waals surface area (Å²) in [7, 11) is 0. The van der Waals surface area contributed by atoms with E-state index in [9.17, 15) is 9.59 Å². The maximum atomic E-state index is 12.9. The van der Waals surface area contributed by atoms with Crippen molar-refractivity contribution in [3.63, 3.8) is 0 Å². The summed E-state index contributed by atoms with van der Waals surface area (Å²) < 4.78 is 0.950. The number of imide groups is 1. The Balaban J connectivity index is 1.36. The van der Waals surface area contributed by atoms with Crippen molar-refractivity contribution in [3.8, 4) is 11.3 Å². The number of benzene rings is 1. The summed E-state index contributed by atoms with van der Waals surface area (Å²) in [5.74, 6) is -0.431. The molecule has 6 rings (SSSR count). The highest BCUT2D eigenvalue weighted by Crippen LogP contribution is 2.63. The molecule has 1 saturated carbocycles. The van der Waals surface area contributed by atoms with Crippen LogP contribution in [0.4, 0.5) is 0 Å². The number of nitrogens with one attached hydrogen (secondary N) is 1. The zero-order chi connectivity index (χ0) is 26.2. The van der Waals surface area contributed by atoms with E-state index < -0.39 is 0 Å². The molecule has 3 aliphatic rings. The first-order valence-corrected chi connectivity index (χ1v) is 14.1. The summed E-state index contributed by atoms with van der Waals surface area (Å²) in [5.41, 5.74) is 4.83. The Morgan fingerprint density at radius 2 is 1.73 bits per heavy atom. The van der Waals surface area contributed by atoms with Gasteiger partial charge in [0.15, 0.2) is 0 Å². The monoisotopic (exact) mass is 537 g/mol. The van der Waals surface area contributed by atoms with Crippen molar-refractivity contribution in [2.24, 2.45) is 17.3 Å². The number of carbonyl (C=O) groups is 2. The molecule has 3 aromatic rings. The highest BCUT2D eigenvalue weighted by Gasteiger charge is 2.72. The molecule has 7 nitrogen and oxygen atoms in total. The molecule has 1 aromatic carbocycles. The van der Waals surface area contributed by atoms with E-state index in [1.54, 1.807) is 17.7 Å². The van der Waals surface area contributed by atoms with Gasteiger partial charge in [-0.25, -0.2) is 9.97 Å². The van der Waals surface area contributed by atoms with Crippen LogP contribution in [-0.2, 0) is 22.7 Å². The summed E-state index contributed by atoms with van der Waals surface area (Å²) in [4.78, 5) is 39.9. The van der Waals surface area contributed by atoms with Crippen LogP contribution in [0.3, 0.4) is 0 Å². The van der Waals surface area contributed by atoms with Crippen molar-refractivity contribution in [3.05, 3.63) is 45.6 Å². The Kier molecular flexibility index (Phi) is 5.95. The molecule has 0 spiro atoms. The number of piperazine rings is 1. The van der Waals surface area contributed by atoms with E-state index in [4.69, 9.17) is 16.6 Å². The molecular formula is C28H32ClN5O2S. The van der Waals surface area contributed by atoms with Crippen LogP contribution in [0.1, 0.15) is 43.7 Å². The van der Waals surface area contributed by atoms with E-state index in [-0.39, 0.29) is 29.1 Å². The average Bonchev–Trinajstić information content (AvgIpc) is 3.08. The van der Waals surface area contributed by atoms with Crippen molar-refractivity contribution >= 4 is 45.0 Å². The van der Waals surface area contributed by atoms with Crippen LogP contribution in [0.5, 0.6) is 0 Å². The van der Waals surface area contributed by atoms with Crippen LogP contribution in [0.15, 0.2) is 24.5 Å². The summed E-state index contributed by atoms with van der Waals surface area (Å²) in [6.45, 7) is 13.7. The largest absolute Gasteiger partial charge is 0.314 e. The average molecular weight is 538 g/mol. The summed E-state index contributed by atoms with van der Waals surface area (Å²) in [5, 5.41) is 4.19. The number of nitrogens with zero attached hydrogens (tertiary/aromatic N) is 4. The number of aromatic nitrogens is 2. The van der Waals surface area contributed by atoms with Crippen molar-refractivity contribution < 1.29 is 9.59 Å². The highest BCUT2D eigenvalue weighted by atomic mass is 35.5. The van der Waals surface area contributed by atoms with E-state index in [0.717, 1.165) is 51.5 Å². The minimum Gasteiger partial charge on any atom is -0.314 e. The maximum absolute atomic E-state index is 12.9. The topological polar surface area (TPSA) is 78.4 Å². The molecule has 1 N–H and O–H groups in total. The number of hydrogen-bond donors (Lipinski definition) is 1. The van der Waals surface area contributed by atoms with Gasteiger partial charge in [-0.05, 0) is 55.5 Å². The molecular weight excluding hydrogens is 506 g/mol. The normalized spacial score (nSPS) is 27.2. The number of rotatable bonds is 5. The zero-order valence-electron chi connectivity index (χ0n) is 21.8. The lowest BCUT2D eigenvalue weighted by atomic mass is 9.96. The van der Waals surface area contributed by atoms with E-state index in [1.807, 2.05) is 32.0 Å². The molecule has 4 atom stereocenters. The first kappa shape index (κ1) is 24.9. The molecule has 194 valence electrons. The van der Waals surface area contributed by atoms with Crippen LogP contribution in [0.25, 0.3) is 21.5 Å². The number of thiophene rings is 1. The molecule has 2 unspecified atom stereocenters. The van der Waals surface area contributed by atoms with Crippen LogP contribution in [-0.4, -0.2) is 56.8 Å². The Labute approximate surface area is 226 Å². The van der Waals surface area contributed by atoms with E-state index >= 15 is 0 Å². The van der Waals surface area contributed by atoms with Gasteiger partial charge >= 0.3 is 0 Å². The quantitative estimate of drug-likeness (QED) is 0.478. The van der Waals surface area contributed by atoms with Gasteiger partial charge in [-0.2, -0.15) is 0 Å². The van der Waals surface area contributed by atoms with Crippen LogP contribution in [0.2, 0.25) is 5.02 Å². The zero-order valence-corrected chi connectivity index (χ0v) is 23.4. The van der Waals surface area contributed by atoms with E-state index in [0.29, 0.717) is 23.7 Å². The molecule has 3 fully saturated rings. The second kappa shape index (κ2) is 8.83. The fraction of sp³-hybridized carbons (Fsp3) is 0.500. The number of carbonyl (C=O) groups excluding carboxylic acids is 2. The standard InChI is InChI=1S/C28H32ClN5O2S/c1-14-6-17(29)7-19(20(14)12-33-15(2)9-30-10-16(33)3)24-25-21(31-13-32-24)8-18(37-25)11-34-26(35)22-23(27(34)36)28(22,4)5/h6-8,13,15-16,22-23,30H,9-12H2,1-5H3/t15-,16-,22?,23?/m0/s1. The molecule has 2 aromatic heterocycles. The molecule has 2 aliphatic heterocycles. The van der Waals surface area contributed by atoms with Crippen LogP contribution in [0, 0.1) is 24.2 Å². The van der Waals surface area contributed by atoms with Crippen LogP contribution >= 0.6 is 22.9 Å². The van der Waals surface area contributed by atoms with Gasteiger partial charge in [-0.1, -0.05) is 25.4 Å². The second-order valence-electron chi connectivity index (χ2n) is 11.5. The first-order valence-electron chi connectivity index (χ1n) is 12.9. The summed E-state index contributed by atoms with van der Waals surface area (Å²) in [6, 6.07) is 6.84. The van der Waals surface area contributed by atoms with Crippen LogP contribution < -0.4 is 5.32 Å². The predicted molar refractivity (Wildman–Crippen MR) is 146 cm³/mol. The number of likely N-dealkylation sites (tertiary alicyclic amines) is 1. The number of piperidine rings is 1. The maximum Gasteiger partial charge on any atom is 0.234 e. The number of hydrogen-bond acceptors (Lipinski definition) is 7. The van der Waals surface area contributed by atoms with E-state index in [1.165, 1.54) is 10.5 Å². The number of aryl methyl sites for hydroxylation is 1. The summed E-state index contributed by atoms with van der Waals surface area (Å²) >= 11 is 8.12. The number of halogens is 1. The Morgan fingerprint density at radius 3 is 2.41 bits per heavy atom. The number of fused-ring (bicyclic) bond motifs is 2. The Bertz CT molecular complexity index is 1400. The lowest BCUT2D eigenvalue weighted by Crippen LogP contribution is -2.54. The van der Waals surface area contributed by atoms with Crippen molar-refractivity contribution in [1.29, 1.82) is 0 Å². The fourth-order valence-corrected chi connectivity index (χ4v) is 7.72. The third kappa shape index (κ3) is 4.00.